The highest BCUT2D eigenvalue weighted by molar-refractivity contribution is 6.03. The Labute approximate surface area is 167 Å². The van der Waals surface area contributed by atoms with Crippen LogP contribution in [0.5, 0.6) is 0 Å². The maximum absolute atomic E-state index is 13.1. The van der Waals surface area contributed by atoms with E-state index in [1.807, 2.05) is 12.1 Å². The molecule has 0 saturated heterocycles. The Morgan fingerprint density at radius 2 is 2.03 bits per heavy atom. The van der Waals surface area contributed by atoms with Gasteiger partial charge in [-0.15, -0.1) is 5.10 Å². The number of carbonyl (C=O) groups is 1. The first-order valence-electron chi connectivity index (χ1n) is 9.50. The fourth-order valence-corrected chi connectivity index (χ4v) is 3.67. The molecule has 0 saturated carbocycles. The second kappa shape index (κ2) is 8.10. The minimum Gasteiger partial charge on any atom is -0.395 e. The molecule has 4 rings (SSSR count). The zero-order valence-electron chi connectivity index (χ0n) is 16.1. The van der Waals surface area contributed by atoms with Crippen LogP contribution in [0.2, 0.25) is 0 Å². The molecule has 0 fully saturated rings. The number of nitrogens with one attached hydrogen (secondary N) is 1. The molecule has 29 heavy (non-hydrogen) atoms. The lowest BCUT2D eigenvalue weighted by molar-refractivity contribution is 0.102. The Morgan fingerprint density at radius 1 is 1.24 bits per heavy atom. The third-order valence-electron chi connectivity index (χ3n) is 5.18. The summed E-state index contributed by atoms with van der Waals surface area (Å²) in [4.78, 5) is 14.8. The van der Waals surface area contributed by atoms with E-state index >= 15 is 0 Å². The molecule has 1 aliphatic heterocycles. The predicted octanol–water partition coefficient (Wildman–Crippen LogP) is 2.32. The molecule has 0 aliphatic carbocycles. The van der Waals surface area contributed by atoms with Crippen molar-refractivity contribution in [2.24, 2.45) is 0 Å². The summed E-state index contributed by atoms with van der Waals surface area (Å²) in [6.07, 6.45) is 0.835. The van der Waals surface area contributed by atoms with Crippen molar-refractivity contribution in [1.29, 1.82) is 0 Å². The van der Waals surface area contributed by atoms with Gasteiger partial charge in [0.05, 0.1) is 18.0 Å². The zero-order chi connectivity index (χ0) is 20.4. The summed E-state index contributed by atoms with van der Waals surface area (Å²) in [6.45, 7) is 4.23. The third-order valence-corrected chi connectivity index (χ3v) is 5.18. The van der Waals surface area contributed by atoms with Crippen LogP contribution in [0.3, 0.4) is 0 Å². The average molecular weight is 395 g/mol. The van der Waals surface area contributed by atoms with Gasteiger partial charge in [0, 0.05) is 25.3 Å². The van der Waals surface area contributed by atoms with Crippen LogP contribution in [-0.2, 0) is 13.0 Å². The maximum Gasteiger partial charge on any atom is 0.278 e. The number of anilines is 1. The predicted molar refractivity (Wildman–Crippen MR) is 107 cm³/mol. The third kappa shape index (κ3) is 3.90. The first-order chi connectivity index (χ1) is 14.1. The molecular weight excluding hydrogens is 373 g/mol. The number of amides is 1. The quantitative estimate of drug-likeness (QED) is 0.693. The Bertz CT molecular complexity index is 1030. The van der Waals surface area contributed by atoms with Crippen LogP contribution < -0.4 is 5.32 Å². The number of aliphatic hydroxyl groups excluding tert-OH is 1. The van der Waals surface area contributed by atoms with E-state index in [4.69, 9.17) is 0 Å². The molecule has 1 aromatic heterocycles. The van der Waals surface area contributed by atoms with Gasteiger partial charge in [-0.05, 0) is 54.8 Å². The first-order valence-corrected chi connectivity index (χ1v) is 9.50. The molecule has 1 amide bonds. The summed E-state index contributed by atoms with van der Waals surface area (Å²) in [7, 11) is 0. The Morgan fingerprint density at radius 3 is 2.79 bits per heavy atom. The molecule has 0 radical (unpaired) electrons. The summed E-state index contributed by atoms with van der Waals surface area (Å²) >= 11 is 0. The van der Waals surface area contributed by atoms with E-state index in [-0.39, 0.29) is 24.0 Å². The zero-order valence-corrected chi connectivity index (χ0v) is 16.1. The number of rotatable bonds is 5. The number of carbonyl (C=O) groups excluding carboxylic acids is 1. The molecule has 0 unspecified atom stereocenters. The van der Waals surface area contributed by atoms with E-state index in [1.165, 1.54) is 35.4 Å². The van der Waals surface area contributed by atoms with E-state index in [9.17, 15) is 14.3 Å². The number of benzene rings is 2. The Hall–Kier alpha value is -3.10. The molecule has 7 nitrogen and oxygen atoms in total. The molecule has 1 aliphatic rings. The summed E-state index contributed by atoms with van der Waals surface area (Å²) in [5.74, 6) is -0.754. The van der Waals surface area contributed by atoms with Gasteiger partial charge in [-0.1, -0.05) is 17.3 Å². The Kier molecular flexibility index (Phi) is 5.37. The number of β-amino-alcohol motifs (C(OH)–C–C–N with tert-alkyl or cyclic N) is 1. The van der Waals surface area contributed by atoms with Gasteiger partial charge in [0.2, 0.25) is 0 Å². The van der Waals surface area contributed by atoms with E-state index in [0.29, 0.717) is 17.9 Å². The van der Waals surface area contributed by atoms with Crippen molar-refractivity contribution in [3.63, 3.8) is 0 Å². The number of aliphatic hydroxyl groups is 1. The molecule has 150 valence electrons. The van der Waals surface area contributed by atoms with Gasteiger partial charge in [-0.2, -0.15) is 0 Å². The summed E-state index contributed by atoms with van der Waals surface area (Å²) in [6, 6.07) is 11.6. The number of aromatic nitrogens is 3. The summed E-state index contributed by atoms with van der Waals surface area (Å²) < 4.78 is 14.7. The van der Waals surface area contributed by atoms with Gasteiger partial charge in [0.15, 0.2) is 5.69 Å². The SMILES string of the molecule is Cc1c(C(=O)Nc2ccc(F)cc2)nnn1-c1cccc2c1CCN(CCO)C2. The second-order valence-electron chi connectivity index (χ2n) is 7.06. The van der Waals surface area contributed by atoms with Crippen molar-refractivity contribution >= 4 is 11.6 Å². The van der Waals surface area contributed by atoms with Crippen molar-refractivity contribution in [1.82, 2.24) is 19.9 Å². The molecule has 0 atom stereocenters. The van der Waals surface area contributed by atoms with Crippen molar-refractivity contribution in [2.75, 3.05) is 25.0 Å². The molecular formula is C21H22FN5O2. The lowest BCUT2D eigenvalue weighted by atomic mass is 9.97. The monoisotopic (exact) mass is 395 g/mol. The second-order valence-corrected chi connectivity index (χ2v) is 7.06. The van der Waals surface area contributed by atoms with Crippen LogP contribution in [0.1, 0.15) is 27.3 Å². The molecule has 8 heteroatoms. The van der Waals surface area contributed by atoms with Crippen molar-refractivity contribution < 1.29 is 14.3 Å². The normalized spacial score (nSPS) is 13.9. The smallest absolute Gasteiger partial charge is 0.278 e. The fourth-order valence-electron chi connectivity index (χ4n) is 3.67. The van der Waals surface area contributed by atoms with Crippen molar-refractivity contribution in [3.05, 3.63) is 70.8 Å². The van der Waals surface area contributed by atoms with Gasteiger partial charge < -0.3 is 10.4 Å². The molecule has 3 aromatic rings. The highest BCUT2D eigenvalue weighted by atomic mass is 19.1. The molecule has 2 aromatic carbocycles. The van der Waals surface area contributed by atoms with Gasteiger partial charge >= 0.3 is 0 Å². The van der Waals surface area contributed by atoms with Crippen LogP contribution in [-0.4, -0.2) is 50.6 Å². The number of halogens is 1. The van der Waals surface area contributed by atoms with Crippen LogP contribution in [0.15, 0.2) is 42.5 Å². The highest BCUT2D eigenvalue weighted by Crippen LogP contribution is 2.26. The van der Waals surface area contributed by atoms with Crippen LogP contribution in [0.4, 0.5) is 10.1 Å². The van der Waals surface area contributed by atoms with E-state index in [1.54, 1.807) is 11.6 Å². The average Bonchev–Trinajstić information content (AvgIpc) is 3.10. The molecule has 2 heterocycles. The molecule has 0 bridgehead atoms. The minimum atomic E-state index is -0.390. The number of hydrogen-bond acceptors (Lipinski definition) is 5. The standard InChI is InChI=1S/C21H22FN5O2/c1-14-20(21(29)23-17-7-5-16(22)6-8-17)24-25-27(14)19-4-2-3-15-13-26(11-12-28)10-9-18(15)19/h2-8,28H,9-13H2,1H3,(H,23,29). The lowest BCUT2D eigenvalue weighted by Gasteiger charge is -2.29. The van der Waals surface area contributed by atoms with Crippen molar-refractivity contribution in [2.45, 2.75) is 19.9 Å². The maximum atomic E-state index is 13.1. The highest BCUT2D eigenvalue weighted by Gasteiger charge is 2.23. The summed E-state index contributed by atoms with van der Waals surface area (Å²) in [5.41, 5.74) is 4.64. The van der Waals surface area contributed by atoms with Crippen LogP contribution >= 0.6 is 0 Å². The number of fused-ring (bicyclic) bond motifs is 1. The summed E-state index contributed by atoms with van der Waals surface area (Å²) in [5, 5.41) is 20.2. The van der Waals surface area contributed by atoms with E-state index in [2.05, 4.69) is 26.6 Å². The fraction of sp³-hybridized carbons (Fsp3) is 0.286. The van der Waals surface area contributed by atoms with Crippen LogP contribution in [0, 0.1) is 12.7 Å². The lowest BCUT2D eigenvalue weighted by Crippen LogP contribution is -2.33. The van der Waals surface area contributed by atoms with Gasteiger partial charge in [-0.3, -0.25) is 9.69 Å². The van der Waals surface area contributed by atoms with Gasteiger partial charge in [0.1, 0.15) is 5.82 Å². The van der Waals surface area contributed by atoms with Crippen molar-refractivity contribution in [3.8, 4) is 5.69 Å². The van der Waals surface area contributed by atoms with Gasteiger partial charge in [-0.25, -0.2) is 9.07 Å². The van der Waals surface area contributed by atoms with Crippen LogP contribution in [0.25, 0.3) is 5.69 Å². The Balaban J connectivity index is 1.60. The molecule has 0 spiro atoms. The largest absolute Gasteiger partial charge is 0.395 e. The first kappa shape index (κ1) is 19.2. The van der Waals surface area contributed by atoms with E-state index in [0.717, 1.165) is 25.2 Å². The number of nitrogens with zero attached hydrogens (tertiary/aromatic N) is 4. The molecule has 2 N–H and O–H groups in total. The topological polar surface area (TPSA) is 83.3 Å². The van der Waals surface area contributed by atoms with Gasteiger partial charge in [0.25, 0.3) is 5.91 Å². The minimum absolute atomic E-state index is 0.143. The van der Waals surface area contributed by atoms with E-state index < -0.39 is 0 Å². The number of hydrogen-bond donors (Lipinski definition) is 2.